The van der Waals surface area contributed by atoms with E-state index in [0.717, 1.165) is 6.07 Å². The van der Waals surface area contributed by atoms with Gasteiger partial charge in [0.15, 0.2) is 0 Å². The second-order valence-electron chi connectivity index (χ2n) is 3.31. The maximum absolute atomic E-state index is 12.1. The average molecular weight is 320 g/mol. The van der Waals surface area contributed by atoms with Crippen molar-refractivity contribution in [3.05, 3.63) is 32.8 Å². The van der Waals surface area contributed by atoms with Gasteiger partial charge in [0.25, 0.3) is 0 Å². The maximum Gasteiger partial charge on any atom is 0.534 e. The highest BCUT2D eigenvalue weighted by Crippen LogP contribution is 2.36. The molecular weight excluding hydrogens is 315 g/mol. The molecule has 0 aliphatic carbocycles. The molecule has 0 radical (unpaired) electrons. The number of nitro benzene ring substituents is 1. The predicted molar refractivity (Wildman–Crippen MR) is 58.4 cm³/mol. The highest BCUT2D eigenvalue weighted by Gasteiger charge is 2.49. The van der Waals surface area contributed by atoms with Gasteiger partial charge in [-0.3, -0.25) is 10.1 Å². The predicted octanol–water partition coefficient (Wildman–Crippen LogP) is 2.79. The lowest BCUT2D eigenvalue weighted by molar-refractivity contribution is -0.385. The maximum atomic E-state index is 12.1. The van der Waals surface area contributed by atoms with E-state index >= 15 is 0 Å². The van der Waals surface area contributed by atoms with Crippen molar-refractivity contribution in [3.63, 3.8) is 0 Å². The van der Waals surface area contributed by atoms with E-state index in [1.807, 2.05) is 0 Å². The number of aryl methyl sites for hydroxylation is 1. The average Bonchev–Trinajstić information content (AvgIpc) is 2.20. The number of alkyl halides is 3. The lowest BCUT2D eigenvalue weighted by atomic mass is 10.2. The molecule has 0 aliphatic heterocycles. The van der Waals surface area contributed by atoms with Crippen LogP contribution in [-0.4, -0.2) is 18.8 Å². The molecule has 0 unspecified atom stereocenters. The molecule has 6 nitrogen and oxygen atoms in total. The summed E-state index contributed by atoms with van der Waals surface area (Å²) in [6, 6.07) is 1.45. The summed E-state index contributed by atoms with van der Waals surface area (Å²) in [5.41, 5.74) is -6.45. The summed E-state index contributed by atoms with van der Waals surface area (Å²) >= 11 is 5.55. The highest BCUT2D eigenvalue weighted by molar-refractivity contribution is 7.88. The number of rotatable bonds is 3. The molecule has 0 aliphatic rings. The van der Waals surface area contributed by atoms with Crippen molar-refractivity contribution in [2.75, 3.05) is 0 Å². The van der Waals surface area contributed by atoms with E-state index in [2.05, 4.69) is 4.18 Å². The summed E-state index contributed by atoms with van der Waals surface area (Å²) in [4.78, 5) is 9.55. The van der Waals surface area contributed by atoms with Gasteiger partial charge >= 0.3 is 21.3 Å². The minimum absolute atomic E-state index is 0.169. The zero-order valence-electron chi connectivity index (χ0n) is 9.06. The fourth-order valence-corrected chi connectivity index (χ4v) is 1.64. The van der Waals surface area contributed by atoms with Gasteiger partial charge in [-0.15, -0.1) is 0 Å². The zero-order valence-corrected chi connectivity index (χ0v) is 10.6. The molecule has 0 amide bonds. The van der Waals surface area contributed by atoms with E-state index in [1.54, 1.807) is 0 Å². The Balaban J connectivity index is 3.37. The Bertz CT molecular complexity index is 628. The van der Waals surface area contributed by atoms with Gasteiger partial charge in [0.2, 0.25) is 5.75 Å². The van der Waals surface area contributed by atoms with Crippen LogP contribution in [-0.2, 0) is 10.1 Å². The van der Waals surface area contributed by atoms with Crippen molar-refractivity contribution < 1.29 is 30.7 Å². The molecule has 0 spiro atoms. The summed E-state index contributed by atoms with van der Waals surface area (Å²) in [5, 5.41) is 10.5. The monoisotopic (exact) mass is 319 g/mol. The van der Waals surface area contributed by atoms with Gasteiger partial charge in [0.05, 0.1) is 4.92 Å². The first kappa shape index (κ1) is 15.5. The van der Waals surface area contributed by atoms with Gasteiger partial charge in [-0.25, -0.2) is 0 Å². The van der Waals surface area contributed by atoms with Crippen molar-refractivity contribution >= 4 is 27.4 Å². The fraction of sp³-hybridized carbons (Fsp3) is 0.250. The molecule has 1 rings (SSSR count). The van der Waals surface area contributed by atoms with Gasteiger partial charge < -0.3 is 4.18 Å². The summed E-state index contributed by atoms with van der Waals surface area (Å²) in [6.07, 6.45) is 0. The van der Waals surface area contributed by atoms with E-state index < -0.39 is 32.0 Å². The van der Waals surface area contributed by atoms with Crippen LogP contribution in [0.4, 0.5) is 18.9 Å². The molecule has 1 aromatic carbocycles. The molecule has 1 aromatic rings. The Morgan fingerprint density at radius 1 is 1.37 bits per heavy atom. The normalized spacial score (nSPS) is 12.3. The molecule has 0 fully saturated rings. The Morgan fingerprint density at radius 2 is 1.89 bits per heavy atom. The molecule has 0 aromatic heterocycles. The lowest BCUT2D eigenvalue weighted by Crippen LogP contribution is -2.28. The van der Waals surface area contributed by atoms with Crippen molar-refractivity contribution in [1.82, 2.24) is 0 Å². The second-order valence-corrected chi connectivity index (χ2v) is 5.25. The Hall–Kier alpha value is -1.55. The topological polar surface area (TPSA) is 86.5 Å². The number of nitro groups is 1. The first-order valence-electron chi connectivity index (χ1n) is 4.41. The van der Waals surface area contributed by atoms with E-state index in [9.17, 15) is 31.7 Å². The van der Waals surface area contributed by atoms with Crippen LogP contribution < -0.4 is 4.18 Å². The van der Waals surface area contributed by atoms with E-state index in [0.29, 0.717) is 6.07 Å². The van der Waals surface area contributed by atoms with Crippen LogP contribution in [0, 0.1) is 17.0 Å². The highest BCUT2D eigenvalue weighted by atomic mass is 35.5. The summed E-state index contributed by atoms with van der Waals surface area (Å²) in [5.74, 6) is -1.10. The number of nitrogens with zero attached hydrogens (tertiary/aromatic N) is 1. The third kappa shape index (κ3) is 3.26. The van der Waals surface area contributed by atoms with Crippen LogP contribution in [0.5, 0.6) is 5.75 Å². The quantitative estimate of drug-likeness (QED) is 0.370. The molecule has 0 bridgehead atoms. The molecule has 0 saturated carbocycles. The summed E-state index contributed by atoms with van der Waals surface area (Å²) in [6.45, 7) is 1.36. The van der Waals surface area contributed by atoms with E-state index in [1.165, 1.54) is 6.92 Å². The van der Waals surface area contributed by atoms with E-state index in [-0.39, 0.29) is 10.6 Å². The molecule has 19 heavy (non-hydrogen) atoms. The first-order valence-corrected chi connectivity index (χ1v) is 6.19. The van der Waals surface area contributed by atoms with Crippen molar-refractivity contribution in [3.8, 4) is 5.75 Å². The van der Waals surface area contributed by atoms with Gasteiger partial charge in [-0.1, -0.05) is 11.6 Å². The van der Waals surface area contributed by atoms with Crippen LogP contribution >= 0.6 is 11.6 Å². The Kier molecular flexibility index (Phi) is 3.96. The first-order chi connectivity index (χ1) is 8.45. The Morgan fingerprint density at radius 3 is 2.32 bits per heavy atom. The van der Waals surface area contributed by atoms with Gasteiger partial charge in [-0.05, 0) is 12.5 Å². The smallest absolute Gasteiger partial charge is 0.369 e. The van der Waals surface area contributed by atoms with Crippen molar-refractivity contribution in [2.45, 2.75) is 12.4 Å². The third-order valence-electron chi connectivity index (χ3n) is 1.92. The number of hydrogen-bond donors (Lipinski definition) is 0. The van der Waals surface area contributed by atoms with Crippen LogP contribution in [0.1, 0.15) is 5.56 Å². The zero-order chi connectivity index (χ0) is 15.0. The van der Waals surface area contributed by atoms with Gasteiger partial charge in [-0.2, -0.15) is 21.6 Å². The molecular formula is C8H5ClF3NO5S. The fourth-order valence-electron chi connectivity index (χ4n) is 1.02. The number of hydrogen-bond acceptors (Lipinski definition) is 5. The molecule has 0 heterocycles. The summed E-state index contributed by atoms with van der Waals surface area (Å²) in [7, 11) is -6.00. The SMILES string of the molecule is Cc1cc([N+](=O)[O-])c(OS(=O)(=O)C(F)(F)F)cc1Cl. The summed E-state index contributed by atoms with van der Waals surface area (Å²) < 4.78 is 61.6. The molecule has 0 atom stereocenters. The Labute approximate surface area is 110 Å². The number of halogens is 4. The van der Waals surface area contributed by atoms with Gasteiger partial charge in [0, 0.05) is 17.2 Å². The van der Waals surface area contributed by atoms with Crippen molar-refractivity contribution in [2.24, 2.45) is 0 Å². The van der Waals surface area contributed by atoms with E-state index in [4.69, 9.17) is 11.6 Å². The second kappa shape index (κ2) is 4.85. The van der Waals surface area contributed by atoms with Crippen LogP contribution in [0.2, 0.25) is 5.02 Å². The van der Waals surface area contributed by atoms with Crippen LogP contribution in [0.3, 0.4) is 0 Å². The third-order valence-corrected chi connectivity index (χ3v) is 3.29. The lowest BCUT2D eigenvalue weighted by Gasteiger charge is -2.10. The molecule has 106 valence electrons. The minimum Gasteiger partial charge on any atom is -0.369 e. The van der Waals surface area contributed by atoms with Crippen LogP contribution in [0.25, 0.3) is 0 Å². The molecule has 0 N–H and O–H groups in total. The minimum atomic E-state index is -6.00. The van der Waals surface area contributed by atoms with Gasteiger partial charge in [0.1, 0.15) is 0 Å². The number of benzene rings is 1. The standard InChI is InChI=1S/C8H5ClF3NO5S/c1-4-2-6(13(14)15)7(3-5(4)9)18-19(16,17)8(10,11)12/h2-3H,1H3. The molecule has 11 heteroatoms. The largest absolute Gasteiger partial charge is 0.534 e. The molecule has 0 saturated heterocycles. The van der Waals surface area contributed by atoms with Crippen molar-refractivity contribution in [1.29, 1.82) is 0 Å². The van der Waals surface area contributed by atoms with Crippen LogP contribution in [0.15, 0.2) is 12.1 Å².